The first-order valence-corrected chi connectivity index (χ1v) is 9.56. The summed E-state index contributed by atoms with van der Waals surface area (Å²) >= 11 is 0. The Balaban J connectivity index is 2.23. The highest BCUT2D eigenvalue weighted by molar-refractivity contribution is 5.79. The average molecular weight is 354 g/mol. The van der Waals surface area contributed by atoms with E-state index in [4.69, 9.17) is 13.9 Å². The summed E-state index contributed by atoms with van der Waals surface area (Å²) in [5, 5.41) is 6.71. The van der Waals surface area contributed by atoms with Crippen molar-refractivity contribution >= 4 is 5.96 Å². The summed E-state index contributed by atoms with van der Waals surface area (Å²) in [6.45, 7) is 9.74. The van der Waals surface area contributed by atoms with Gasteiger partial charge < -0.3 is 24.5 Å². The Morgan fingerprint density at radius 2 is 1.84 bits per heavy atom. The number of guanidine groups is 1. The molecule has 0 fully saturated rings. The third kappa shape index (κ3) is 12.5. The smallest absolute Gasteiger partial charge is 0.191 e. The van der Waals surface area contributed by atoms with Gasteiger partial charge in [-0.05, 0) is 38.3 Å². The van der Waals surface area contributed by atoms with Crippen molar-refractivity contribution in [3.63, 3.8) is 0 Å². The van der Waals surface area contributed by atoms with Crippen LogP contribution in [0.1, 0.15) is 45.3 Å². The molecule has 0 radical (unpaired) electrons. The zero-order chi connectivity index (χ0) is 18.0. The first-order chi connectivity index (χ1) is 12.4. The maximum absolute atomic E-state index is 5.57. The maximum atomic E-state index is 5.57. The standard InChI is InChI=1S/C19H35N3O3/c1-3-5-14-24-16-8-12-21-19(20-11-7-15-23-4-2)22-13-10-18-9-6-17-25-18/h6,9,17H,3-5,7-8,10-16H2,1-2H3,(H2,20,21,22). The molecule has 0 saturated carbocycles. The van der Waals surface area contributed by atoms with Gasteiger partial charge in [-0.3, -0.25) is 4.99 Å². The van der Waals surface area contributed by atoms with Crippen LogP contribution in [0.4, 0.5) is 0 Å². The first kappa shape index (κ1) is 21.5. The zero-order valence-electron chi connectivity index (χ0n) is 15.9. The van der Waals surface area contributed by atoms with Gasteiger partial charge >= 0.3 is 0 Å². The molecule has 0 aromatic carbocycles. The lowest BCUT2D eigenvalue weighted by Crippen LogP contribution is -2.39. The second-order valence-electron chi connectivity index (χ2n) is 5.78. The highest BCUT2D eigenvalue weighted by atomic mass is 16.5. The van der Waals surface area contributed by atoms with Gasteiger partial charge in [-0.1, -0.05) is 13.3 Å². The fraction of sp³-hybridized carbons (Fsp3) is 0.737. The molecule has 0 bridgehead atoms. The van der Waals surface area contributed by atoms with Gasteiger partial charge in [0.1, 0.15) is 5.76 Å². The van der Waals surface area contributed by atoms with E-state index in [1.807, 2.05) is 19.1 Å². The predicted molar refractivity (Wildman–Crippen MR) is 102 cm³/mol. The summed E-state index contributed by atoms with van der Waals surface area (Å²) in [5.74, 6) is 1.82. The Morgan fingerprint density at radius 1 is 1.04 bits per heavy atom. The number of aliphatic imine (C=N–C) groups is 1. The average Bonchev–Trinajstić information content (AvgIpc) is 3.13. The van der Waals surface area contributed by atoms with Gasteiger partial charge in [0, 0.05) is 52.5 Å². The Morgan fingerprint density at radius 3 is 2.60 bits per heavy atom. The molecule has 0 saturated heterocycles. The number of nitrogens with one attached hydrogen (secondary N) is 2. The maximum Gasteiger partial charge on any atom is 0.191 e. The number of rotatable bonds is 15. The van der Waals surface area contributed by atoms with Crippen LogP contribution < -0.4 is 10.6 Å². The SMILES string of the molecule is CCCCOCCCN=C(NCCCOCC)NCCc1ccco1. The molecule has 0 aliphatic carbocycles. The predicted octanol–water partition coefficient (Wildman–Crippen LogP) is 2.99. The Kier molecular flexibility index (Phi) is 13.7. The molecule has 6 nitrogen and oxygen atoms in total. The highest BCUT2D eigenvalue weighted by Gasteiger charge is 2.00. The van der Waals surface area contributed by atoms with Gasteiger partial charge in [-0.2, -0.15) is 0 Å². The molecule has 2 N–H and O–H groups in total. The van der Waals surface area contributed by atoms with E-state index in [0.29, 0.717) is 0 Å². The lowest BCUT2D eigenvalue weighted by atomic mass is 10.3. The summed E-state index contributed by atoms with van der Waals surface area (Å²) < 4.78 is 16.3. The minimum atomic E-state index is 0.758. The largest absolute Gasteiger partial charge is 0.469 e. The quantitative estimate of drug-likeness (QED) is 0.288. The fourth-order valence-electron chi connectivity index (χ4n) is 2.16. The lowest BCUT2D eigenvalue weighted by molar-refractivity contribution is 0.130. The summed E-state index contributed by atoms with van der Waals surface area (Å²) in [7, 11) is 0. The van der Waals surface area contributed by atoms with Crippen molar-refractivity contribution in [1.82, 2.24) is 10.6 Å². The van der Waals surface area contributed by atoms with Crippen molar-refractivity contribution in [3.05, 3.63) is 24.2 Å². The zero-order valence-corrected chi connectivity index (χ0v) is 15.9. The minimum Gasteiger partial charge on any atom is -0.469 e. The van der Waals surface area contributed by atoms with E-state index in [1.165, 1.54) is 6.42 Å². The van der Waals surface area contributed by atoms with Crippen molar-refractivity contribution in [2.75, 3.05) is 46.1 Å². The second-order valence-corrected chi connectivity index (χ2v) is 5.78. The van der Waals surface area contributed by atoms with Gasteiger partial charge in [0.2, 0.25) is 0 Å². The van der Waals surface area contributed by atoms with Crippen LogP contribution >= 0.6 is 0 Å². The number of hydrogen-bond acceptors (Lipinski definition) is 4. The Hall–Kier alpha value is -1.53. The molecule has 1 aromatic rings. The third-order valence-electron chi connectivity index (χ3n) is 3.56. The molecule has 1 aromatic heterocycles. The summed E-state index contributed by atoms with van der Waals surface area (Å²) in [5.41, 5.74) is 0. The van der Waals surface area contributed by atoms with Crippen LogP contribution in [0.25, 0.3) is 0 Å². The number of furan rings is 1. The fourth-order valence-corrected chi connectivity index (χ4v) is 2.16. The van der Waals surface area contributed by atoms with Crippen LogP contribution in [0, 0.1) is 0 Å². The van der Waals surface area contributed by atoms with Gasteiger partial charge in [0.25, 0.3) is 0 Å². The summed E-state index contributed by atoms with van der Waals surface area (Å²) in [4.78, 5) is 4.62. The molecule has 0 atom stereocenters. The molecular weight excluding hydrogens is 318 g/mol. The molecule has 0 aliphatic rings. The van der Waals surface area contributed by atoms with Crippen LogP contribution in [-0.4, -0.2) is 52.0 Å². The molecule has 0 amide bonds. The van der Waals surface area contributed by atoms with E-state index >= 15 is 0 Å². The van der Waals surface area contributed by atoms with E-state index in [9.17, 15) is 0 Å². The van der Waals surface area contributed by atoms with Gasteiger partial charge in [0.05, 0.1) is 6.26 Å². The number of unbranched alkanes of at least 4 members (excludes halogenated alkanes) is 1. The topological polar surface area (TPSA) is 68.0 Å². The van der Waals surface area contributed by atoms with Crippen molar-refractivity contribution in [2.45, 2.75) is 46.0 Å². The molecule has 1 heterocycles. The molecule has 144 valence electrons. The molecule has 1 rings (SSSR count). The van der Waals surface area contributed by atoms with Crippen molar-refractivity contribution in [3.8, 4) is 0 Å². The summed E-state index contributed by atoms with van der Waals surface area (Å²) in [6, 6.07) is 3.90. The van der Waals surface area contributed by atoms with Gasteiger partial charge in [-0.15, -0.1) is 0 Å². The highest BCUT2D eigenvalue weighted by Crippen LogP contribution is 1.99. The van der Waals surface area contributed by atoms with Crippen LogP contribution in [0.3, 0.4) is 0 Å². The van der Waals surface area contributed by atoms with Crippen LogP contribution in [0.5, 0.6) is 0 Å². The van der Waals surface area contributed by atoms with Crippen LogP contribution in [0.15, 0.2) is 27.8 Å². The van der Waals surface area contributed by atoms with E-state index in [-0.39, 0.29) is 0 Å². The van der Waals surface area contributed by atoms with E-state index in [1.54, 1.807) is 6.26 Å². The Bertz CT molecular complexity index is 422. The lowest BCUT2D eigenvalue weighted by Gasteiger charge is -2.12. The second kappa shape index (κ2) is 16.0. The monoisotopic (exact) mass is 353 g/mol. The number of ether oxygens (including phenoxy) is 2. The molecule has 25 heavy (non-hydrogen) atoms. The third-order valence-corrected chi connectivity index (χ3v) is 3.56. The Labute approximate surface area is 152 Å². The van der Waals surface area contributed by atoms with Crippen molar-refractivity contribution in [1.29, 1.82) is 0 Å². The van der Waals surface area contributed by atoms with E-state index < -0.39 is 0 Å². The van der Waals surface area contributed by atoms with Gasteiger partial charge in [0.15, 0.2) is 5.96 Å². The molecule has 6 heteroatoms. The minimum absolute atomic E-state index is 0.758. The van der Waals surface area contributed by atoms with Crippen molar-refractivity contribution in [2.24, 2.45) is 4.99 Å². The number of hydrogen-bond donors (Lipinski definition) is 2. The van der Waals surface area contributed by atoms with Gasteiger partial charge in [-0.25, -0.2) is 0 Å². The molecular formula is C19H35N3O3. The van der Waals surface area contributed by atoms with Crippen molar-refractivity contribution < 1.29 is 13.9 Å². The normalized spacial score (nSPS) is 11.7. The van der Waals surface area contributed by atoms with Crippen LogP contribution in [0.2, 0.25) is 0 Å². The number of nitrogens with zero attached hydrogens (tertiary/aromatic N) is 1. The summed E-state index contributed by atoms with van der Waals surface area (Å²) in [6.07, 6.45) is 6.75. The van der Waals surface area contributed by atoms with Crippen LogP contribution in [-0.2, 0) is 15.9 Å². The van der Waals surface area contributed by atoms with E-state index in [2.05, 4.69) is 22.5 Å². The molecule has 0 unspecified atom stereocenters. The molecule has 0 spiro atoms. The van der Waals surface area contributed by atoms with E-state index in [0.717, 1.165) is 83.5 Å². The molecule has 0 aliphatic heterocycles. The first-order valence-electron chi connectivity index (χ1n) is 9.56.